The van der Waals surface area contributed by atoms with Crippen LogP contribution in [0, 0.1) is 5.82 Å². The lowest BCUT2D eigenvalue weighted by Crippen LogP contribution is -2.41. The second-order valence-electron chi connectivity index (χ2n) is 5.60. The molecule has 0 amide bonds. The molecule has 1 saturated heterocycles. The lowest BCUT2D eigenvalue weighted by atomic mass is 9.78. The first-order valence-corrected chi connectivity index (χ1v) is 6.86. The molecule has 0 atom stereocenters. The molecule has 1 aromatic carbocycles. The van der Waals surface area contributed by atoms with E-state index in [-0.39, 0.29) is 5.82 Å². The van der Waals surface area contributed by atoms with Crippen LogP contribution in [0.5, 0.6) is 5.75 Å². The van der Waals surface area contributed by atoms with Crippen LogP contribution in [0.4, 0.5) is 4.39 Å². The molecule has 19 heavy (non-hydrogen) atoms. The Morgan fingerprint density at radius 1 is 1.16 bits per heavy atom. The average Bonchev–Trinajstić information content (AvgIpc) is 2.47. The van der Waals surface area contributed by atoms with Gasteiger partial charge in [0.25, 0.3) is 0 Å². The third-order valence-electron chi connectivity index (χ3n) is 3.75. The monoisotopic (exact) mass is 330 g/mol. The van der Waals surface area contributed by atoms with Gasteiger partial charge in [-0.15, -0.1) is 0 Å². The van der Waals surface area contributed by atoms with Gasteiger partial charge in [-0.05, 0) is 55.8 Å². The molecule has 0 aromatic heterocycles. The zero-order valence-electron chi connectivity index (χ0n) is 11.7. The summed E-state index contributed by atoms with van der Waals surface area (Å²) in [5.74, 6) is 0.164. The summed E-state index contributed by atoms with van der Waals surface area (Å²) in [5, 5.41) is 0. The van der Waals surface area contributed by atoms with Gasteiger partial charge in [-0.25, -0.2) is 4.39 Å². The Labute approximate surface area is 121 Å². The molecule has 2 rings (SSSR count). The Morgan fingerprint density at radius 3 is 2.16 bits per heavy atom. The molecule has 0 aliphatic carbocycles. The highest BCUT2D eigenvalue weighted by Crippen LogP contribution is 2.38. The fourth-order valence-corrected chi connectivity index (χ4v) is 2.55. The Kier molecular flexibility index (Phi) is 3.71. The molecule has 0 unspecified atom stereocenters. The van der Waals surface area contributed by atoms with E-state index >= 15 is 0 Å². The molecule has 0 saturated carbocycles. The molecule has 3 nitrogen and oxygen atoms in total. The molecule has 1 heterocycles. The minimum atomic E-state index is -0.646. The lowest BCUT2D eigenvalue weighted by molar-refractivity contribution is 0.00578. The van der Waals surface area contributed by atoms with Gasteiger partial charge < -0.3 is 14.0 Å². The molecule has 0 spiro atoms. The predicted molar refractivity (Wildman–Crippen MR) is 76.4 cm³/mol. The van der Waals surface area contributed by atoms with Gasteiger partial charge in [0.05, 0.1) is 22.8 Å². The molecule has 1 aromatic rings. The second-order valence-corrected chi connectivity index (χ2v) is 6.45. The first-order chi connectivity index (χ1) is 8.68. The normalized spacial score (nSPS) is 20.7. The number of halogens is 2. The van der Waals surface area contributed by atoms with Crippen molar-refractivity contribution < 1.29 is 18.4 Å². The number of ether oxygens (including phenoxy) is 1. The maximum atomic E-state index is 13.6. The van der Waals surface area contributed by atoms with Crippen molar-refractivity contribution in [3.8, 4) is 5.75 Å². The van der Waals surface area contributed by atoms with Gasteiger partial charge in [0.2, 0.25) is 0 Å². The highest BCUT2D eigenvalue weighted by Gasteiger charge is 2.52. The van der Waals surface area contributed by atoms with E-state index in [0.717, 1.165) is 0 Å². The van der Waals surface area contributed by atoms with E-state index in [1.165, 1.54) is 19.2 Å². The maximum Gasteiger partial charge on any atom is 0.498 e. The smallest absolute Gasteiger partial charge is 0.496 e. The Hall–Kier alpha value is -0.585. The van der Waals surface area contributed by atoms with Crippen molar-refractivity contribution in [2.45, 2.75) is 38.9 Å². The summed E-state index contributed by atoms with van der Waals surface area (Å²) in [7, 11) is 0.888. The van der Waals surface area contributed by atoms with E-state index in [0.29, 0.717) is 15.7 Å². The number of benzene rings is 1. The Bertz CT molecular complexity index is 489. The SMILES string of the molecule is COc1c(Br)cc(F)cc1B1OC(C)(C)C(C)(C)O1. The predicted octanol–water partition coefficient (Wildman–Crippen LogP) is 2.90. The van der Waals surface area contributed by atoms with Gasteiger partial charge in [0, 0.05) is 5.46 Å². The first-order valence-electron chi connectivity index (χ1n) is 6.06. The highest BCUT2D eigenvalue weighted by molar-refractivity contribution is 9.10. The van der Waals surface area contributed by atoms with Crippen LogP contribution in [0.3, 0.4) is 0 Å². The summed E-state index contributed by atoms with van der Waals surface area (Å²) in [6, 6.07) is 2.74. The Morgan fingerprint density at radius 2 is 1.68 bits per heavy atom. The maximum absolute atomic E-state index is 13.6. The van der Waals surface area contributed by atoms with Crippen molar-refractivity contribution in [3.05, 3.63) is 22.4 Å². The van der Waals surface area contributed by atoms with Crippen LogP contribution in [0.15, 0.2) is 16.6 Å². The molecule has 1 fully saturated rings. The van der Waals surface area contributed by atoms with Crippen LogP contribution >= 0.6 is 15.9 Å². The van der Waals surface area contributed by atoms with Crippen molar-refractivity contribution in [1.29, 1.82) is 0 Å². The van der Waals surface area contributed by atoms with Gasteiger partial charge >= 0.3 is 7.12 Å². The third kappa shape index (κ3) is 2.53. The van der Waals surface area contributed by atoms with E-state index in [9.17, 15) is 4.39 Å². The van der Waals surface area contributed by atoms with Crippen molar-refractivity contribution >= 4 is 28.5 Å². The van der Waals surface area contributed by atoms with E-state index in [1.807, 2.05) is 27.7 Å². The van der Waals surface area contributed by atoms with E-state index in [2.05, 4.69) is 15.9 Å². The molecule has 104 valence electrons. The van der Waals surface area contributed by atoms with Crippen molar-refractivity contribution in [2.75, 3.05) is 7.11 Å². The topological polar surface area (TPSA) is 27.7 Å². The summed E-state index contributed by atoms with van der Waals surface area (Å²) in [5.41, 5.74) is -0.392. The quantitative estimate of drug-likeness (QED) is 0.780. The molecule has 1 aliphatic rings. The minimum Gasteiger partial charge on any atom is -0.496 e. The van der Waals surface area contributed by atoms with Gasteiger partial charge in [-0.3, -0.25) is 0 Å². The Balaban J connectivity index is 2.45. The first kappa shape index (κ1) is 14.8. The fraction of sp³-hybridized carbons (Fsp3) is 0.538. The van der Waals surface area contributed by atoms with E-state index < -0.39 is 18.3 Å². The third-order valence-corrected chi connectivity index (χ3v) is 4.34. The summed E-state index contributed by atoms with van der Waals surface area (Å²) >= 11 is 3.29. The van der Waals surface area contributed by atoms with Crippen molar-refractivity contribution in [1.82, 2.24) is 0 Å². The molecular formula is C13H17BBrFO3. The molecule has 0 N–H and O–H groups in total. The van der Waals surface area contributed by atoms with E-state index in [1.54, 1.807) is 0 Å². The molecule has 0 radical (unpaired) electrons. The van der Waals surface area contributed by atoms with Gasteiger partial charge in [0.1, 0.15) is 11.6 Å². The highest BCUT2D eigenvalue weighted by atomic mass is 79.9. The largest absolute Gasteiger partial charge is 0.498 e. The molecular weight excluding hydrogens is 314 g/mol. The van der Waals surface area contributed by atoms with Crippen LogP contribution in [0.1, 0.15) is 27.7 Å². The average molecular weight is 331 g/mol. The standard InChI is InChI=1S/C13H17BBrFO3/c1-12(2)13(3,4)19-14(18-12)9-6-8(16)7-10(15)11(9)17-5/h6-7H,1-5H3. The summed E-state index contributed by atoms with van der Waals surface area (Å²) in [4.78, 5) is 0. The van der Waals surface area contributed by atoms with Crippen LogP contribution in [0.25, 0.3) is 0 Å². The van der Waals surface area contributed by atoms with Crippen molar-refractivity contribution in [2.24, 2.45) is 0 Å². The zero-order chi connectivity index (χ0) is 14.4. The van der Waals surface area contributed by atoms with Gasteiger partial charge in [-0.1, -0.05) is 0 Å². The van der Waals surface area contributed by atoms with Crippen LogP contribution in [0.2, 0.25) is 0 Å². The summed E-state index contributed by atoms with van der Waals surface area (Å²) in [6.07, 6.45) is 0. The molecule has 0 bridgehead atoms. The zero-order valence-corrected chi connectivity index (χ0v) is 13.3. The minimum absolute atomic E-state index is 0.364. The fourth-order valence-electron chi connectivity index (χ4n) is 1.94. The van der Waals surface area contributed by atoms with Crippen LogP contribution < -0.4 is 10.2 Å². The van der Waals surface area contributed by atoms with Crippen LogP contribution in [-0.2, 0) is 9.31 Å². The van der Waals surface area contributed by atoms with Crippen molar-refractivity contribution in [3.63, 3.8) is 0 Å². The molecule has 1 aliphatic heterocycles. The number of methoxy groups -OCH3 is 1. The number of rotatable bonds is 2. The summed E-state index contributed by atoms with van der Waals surface area (Å²) in [6.45, 7) is 7.81. The van der Waals surface area contributed by atoms with Gasteiger partial charge in [0.15, 0.2) is 0 Å². The molecule has 6 heteroatoms. The van der Waals surface area contributed by atoms with Gasteiger partial charge in [-0.2, -0.15) is 0 Å². The second kappa shape index (κ2) is 4.75. The number of hydrogen-bond donors (Lipinski definition) is 0. The summed E-state index contributed by atoms with van der Waals surface area (Å²) < 4.78 is 31.3. The number of hydrogen-bond acceptors (Lipinski definition) is 3. The van der Waals surface area contributed by atoms with Crippen LogP contribution in [-0.4, -0.2) is 25.4 Å². The van der Waals surface area contributed by atoms with E-state index in [4.69, 9.17) is 14.0 Å². The lowest BCUT2D eigenvalue weighted by Gasteiger charge is -2.32.